The number of aromatic amines is 1. The van der Waals surface area contributed by atoms with Crippen molar-refractivity contribution < 1.29 is 4.74 Å². The number of imidazole rings is 1. The van der Waals surface area contributed by atoms with E-state index in [0.717, 1.165) is 10.2 Å². The van der Waals surface area contributed by atoms with Crippen LogP contribution < -0.4 is 4.74 Å². The molecule has 3 aromatic rings. The van der Waals surface area contributed by atoms with Crippen LogP contribution >= 0.6 is 28.1 Å². The van der Waals surface area contributed by atoms with Crippen LogP contribution in [0.15, 0.2) is 35.1 Å². The second-order valence-electron chi connectivity index (χ2n) is 3.82. The third-order valence-electron chi connectivity index (χ3n) is 2.72. The van der Waals surface area contributed by atoms with Crippen LogP contribution in [0, 0.1) is 4.77 Å². The van der Waals surface area contributed by atoms with Crippen molar-refractivity contribution in [1.82, 2.24) is 19.5 Å². The molecule has 96 valence electrons. The zero-order chi connectivity index (χ0) is 13.4. The topological polar surface area (TPSA) is 55.7 Å². The summed E-state index contributed by atoms with van der Waals surface area (Å²) in [6.45, 7) is 0. The molecule has 0 aliphatic heterocycles. The van der Waals surface area contributed by atoms with Gasteiger partial charge in [-0.3, -0.25) is 4.57 Å². The van der Waals surface area contributed by atoms with Gasteiger partial charge in [0.25, 0.3) is 0 Å². The maximum atomic E-state index is 5.35. The summed E-state index contributed by atoms with van der Waals surface area (Å²) in [5.74, 6) is 0.479. The van der Waals surface area contributed by atoms with Gasteiger partial charge < -0.3 is 9.72 Å². The Bertz CT molecular complexity index is 794. The standard InChI is InChI=1S/C12H9BrN4OS/c1-18-11-9-10(14-6-15-11)17(12(19)16-9)8-4-2-7(13)3-5-8/h2-6H,1H3,(H,16,19). The summed E-state index contributed by atoms with van der Waals surface area (Å²) in [6, 6.07) is 7.83. The first-order chi connectivity index (χ1) is 9.20. The van der Waals surface area contributed by atoms with E-state index in [4.69, 9.17) is 17.0 Å². The quantitative estimate of drug-likeness (QED) is 0.730. The fourth-order valence-corrected chi connectivity index (χ4v) is 2.44. The molecular weight excluding hydrogens is 328 g/mol. The third kappa shape index (κ3) is 2.04. The molecule has 0 atom stereocenters. The Morgan fingerprint density at radius 1 is 1.26 bits per heavy atom. The fraction of sp³-hybridized carbons (Fsp3) is 0.0833. The Balaban J connectivity index is 2.32. The van der Waals surface area contributed by atoms with Gasteiger partial charge in [-0.05, 0) is 36.5 Å². The van der Waals surface area contributed by atoms with E-state index in [1.54, 1.807) is 7.11 Å². The first-order valence-corrected chi connectivity index (χ1v) is 6.66. The molecule has 0 spiro atoms. The highest BCUT2D eigenvalue weighted by atomic mass is 79.9. The van der Waals surface area contributed by atoms with Crippen LogP contribution in [-0.2, 0) is 0 Å². The Hall–Kier alpha value is -1.73. The van der Waals surface area contributed by atoms with Crippen LogP contribution in [0.3, 0.4) is 0 Å². The van der Waals surface area contributed by atoms with Gasteiger partial charge in [0.05, 0.1) is 7.11 Å². The third-order valence-corrected chi connectivity index (χ3v) is 3.53. The molecule has 2 heterocycles. The van der Waals surface area contributed by atoms with Crippen LogP contribution in [0.25, 0.3) is 16.9 Å². The maximum Gasteiger partial charge on any atom is 0.242 e. The molecule has 5 nitrogen and oxygen atoms in total. The number of halogens is 1. The van der Waals surface area contributed by atoms with Crippen LogP contribution in [-0.4, -0.2) is 26.6 Å². The monoisotopic (exact) mass is 336 g/mol. The smallest absolute Gasteiger partial charge is 0.242 e. The molecule has 0 saturated heterocycles. The molecule has 0 radical (unpaired) electrons. The molecule has 19 heavy (non-hydrogen) atoms. The second kappa shape index (κ2) is 4.75. The number of benzene rings is 1. The van der Waals surface area contributed by atoms with Gasteiger partial charge in [0.15, 0.2) is 10.4 Å². The molecule has 1 N–H and O–H groups in total. The number of ether oxygens (including phenoxy) is 1. The Labute approximate surface area is 122 Å². The van der Waals surface area contributed by atoms with Crippen molar-refractivity contribution in [3.8, 4) is 11.6 Å². The van der Waals surface area contributed by atoms with Crippen molar-refractivity contribution in [3.05, 3.63) is 39.8 Å². The van der Waals surface area contributed by atoms with E-state index < -0.39 is 0 Å². The van der Waals surface area contributed by atoms with Gasteiger partial charge in [0.1, 0.15) is 11.8 Å². The first kappa shape index (κ1) is 12.3. The summed E-state index contributed by atoms with van der Waals surface area (Å²) >= 11 is 8.76. The summed E-state index contributed by atoms with van der Waals surface area (Å²) in [4.78, 5) is 11.4. The number of aromatic nitrogens is 4. The van der Waals surface area contributed by atoms with Gasteiger partial charge in [0, 0.05) is 10.2 Å². The van der Waals surface area contributed by atoms with E-state index in [2.05, 4.69) is 30.9 Å². The Kier molecular flexibility index (Phi) is 3.08. The first-order valence-electron chi connectivity index (χ1n) is 5.46. The summed E-state index contributed by atoms with van der Waals surface area (Å²) in [6.07, 6.45) is 1.46. The SMILES string of the molecule is COc1ncnc2c1[nH]c(=S)n2-c1ccc(Br)cc1. The van der Waals surface area contributed by atoms with Crippen molar-refractivity contribution in [2.45, 2.75) is 0 Å². The molecule has 0 saturated carbocycles. The Morgan fingerprint density at radius 2 is 2.00 bits per heavy atom. The number of hydrogen-bond acceptors (Lipinski definition) is 4. The van der Waals surface area contributed by atoms with Gasteiger partial charge in [-0.2, -0.15) is 4.98 Å². The highest BCUT2D eigenvalue weighted by Gasteiger charge is 2.12. The van der Waals surface area contributed by atoms with Crippen LogP contribution in [0.5, 0.6) is 5.88 Å². The van der Waals surface area contributed by atoms with Crippen molar-refractivity contribution in [1.29, 1.82) is 0 Å². The van der Waals surface area contributed by atoms with E-state index in [9.17, 15) is 0 Å². The zero-order valence-corrected chi connectivity index (χ0v) is 12.3. The fourth-order valence-electron chi connectivity index (χ4n) is 1.88. The lowest BCUT2D eigenvalue weighted by molar-refractivity contribution is 0.401. The Morgan fingerprint density at radius 3 is 2.68 bits per heavy atom. The van der Waals surface area contributed by atoms with Crippen molar-refractivity contribution in [2.24, 2.45) is 0 Å². The molecule has 3 rings (SSSR count). The number of nitrogens with one attached hydrogen (secondary N) is 1. The highest BCUT2D eigenvalue weighted by molar-refractivity contribution is 9.10. The van der Waals surface area contributed by atoms with Crippen LogP contribution in [0.4, 0.5) is 0 Å². The number of H-pyrrole nitrogens is 1. The van der Waals surface area contributed by atoms with Crippen LogP contribution in [0.1, 0.15) is 0 Å². The molecule has 0 fully saturated rings. The largest absolute Gasteiger partial charge is 0.479 e. The number of hydrogen-bond donors (Lipinski definition) is 1. The molecule has 7 heteroatoms. The minimum atomic E-state index is 0.479. The van der Waals surface area contributed by atoms with E-state index in [1.165, 1.54) is 6.33 Å². The lowest BCUT2D eigenvalue weighted by atomic mass is 10.3. The van der Waals surface area contributed by atoms with Gasteiger partial charge in [-0.1, -0.05) is 15.9 Å². The van der Waals surface area contributed by atoms with Gasteiger partial charge in [-0.15, -0.1) is 0 Å². The molecule has 0 aliphatic carbocycles. The summed E-state index contributed by atoms with van der Waals surface area (Å²) in [7, 11) is 1.57. The summed E-state index contributed by atoms with van der Waals surface area (Å²) in [5, 5.41) is 0. The maximum absolute atomic E-state index is 5.35. The van der Waals surface area contributed by atoms with Crippen molar-refractivity contribution in [3.63, 3.8) is 0 Å². The van der Waals surface area contributed by atoms with Crippen molar-refractivity contribution >= 4 is 39.3 Å². The minimum absolute atomic E-state index is 0.479. The van der Waals surface area contributed by atoms with Crippen molar-refractivity contribution in [2.75, 3.05) is 7.11 Å². The molecule has 2 aromatic heterocycles. The average molecular weight is 337 g/mol. The molecular formula is C12H9BrN4OS. The van der Waals surface area contributed by atoms with Gasteiger partial charge in [0.2, 0.25) is 5.88 Å². The van der Waals surface area contributed by atoms with Crippen LogP contribution in [0.2, 0.25) is 0 Å². The second-order valence-corrected chi connectivity index (χ2v) is 5.13. The lowest BCUT2D eigenvalue weighted by Gasteiger charge is -2.04. The summed E-state index contributed by atoms with van der Waals surface area (Å²) in [5.41, 5.74) is 2.32. The zero-order valence-electron chi connectivity index (χ0n) is 9.92. The minimum Gasteiger partial charge on any atom is -0.479 e. The lowest BCUT2D eigenvalue weighted by Crippen LogP contribution is -1.96. The van der Waals surface area contributed by atoms with E-state index in [1.807, 2.05) is 28.8 Å². The number of fused-ring (bicyclic) bond motifs is 1. The molecule has 0 bridgehead atoms. The number of methoxy groups -OCH3 is 1. The van der Waals surface area contributed by atoms with Gasteiger partial charge in [-0.25, -0.2) is 4.98 Å². The predicted octanol–water partition coefficient (Wildman–Crippen LogP) is 3.25. The van der Waals surface area contributed by atoms with E-state index in [-0.39, 0.29) is 0 Å². The number of rotatable bonds is 2. The highest BCUT2D eigenvalue weighted by Crippen LogP contribution is 2.23. The molecule has 0 aliphatic rings. The van der Waals surface area contributed by atoms with E-state index >= 15 is 0 Å². The average Bonchev–Trinajstić information content (AvgIpc) is 2.76. The van der Waals surface area contributed by atoms with Gasteiger partial charge >= 0.3 is 0 Å². The summed E-state index contributed by atoms with van der Waals surface area (Å²) < 4.78 is 8.61. The van der Waals surface area contributed by atoms with E-state index in [0.29, 0.717) is 21.8 Å². The molecule has 1 aromatic carbocycles. The molecule has 0 amide bonds. The number of nitrogens with zero attached hydrogens (tertiary/aromatic N) is 3. The normalized spacial score (nSPS) is 10.8. The molecule has 0 unspecified atom stereocenters. The predicted molar refractivity (Wildman–Crippen MR) is 78.3 cm³/mol.